The number of benzene rings is 1. The highest BCUT2D eigenvalue weighted by atomic mass is 35.5. The lowest BCUT2D eigenvalue weighted by atomic mass is 10.1. The van der Waals surface area contributed by atoms with Crippen molar-refractivity contribution in [2.24, 2.45) is 5.73 Å². The predicted molar refractivity (Wildman–Crippen MR) is 65.6 cm³/mol. The minimum Gasteiger partial charge on any atom is -0.325 e. The molecule has 1 atom stereocenters. The van der Waals surface area contributed by atoms with Crippen molar-refractivity contribution in [3.05, 3.63) is 29.8 Å². The topological polar surface area (TPSA) is 55.1 Å². The molecule has 0 aliphatic carbocycles. The molecule has 0 radical (unpaired) electrons. The summed E-state index contributed by atoms with van der Waals surface area (Å²) in [4.78, 5) is 11.4. The van der Waals surface area contributed by atoms with Crippen LogP contribution in [-0.2, 0) is 11.0 Å². The zero-order chi connectivity index (χ0) is 13.1. The normalized spacial score (nSPS) is 12.5. The lowest BCUT2D eigenvalue weighted by Crippen LogP contribution is -2.34. The van der Waals surface area contributed by atoms with Crippen molar-refractivity contribution < 1.29 is 18.0 Å². The van der Waals surface area contributed by atoms with Gasteiger partial charge in [-0.1, -0.05) is 13.0 Å². The molecule has 0 heterocycles. The Bertz CT molecular complexity index is 410. The van der Waals surface area contributed by atoms with Crippen LogP contribution in [0.15, 0.2) is 24.3 Å². The van der Waals surface area contributed by atoms with Gasteiger partial charge in [0.1, 0.15) is 0 Å². The van der Waals surface area contributed by atoms with Gasteiger partial charge in [0.05, 0.1) is 11.6 Å². The van der Waals surface area contributed by atoms with Crippen molar-refractivity contribution in [2.75, 3.05) is 5.32 Å². The van der Waals surface area contributed by atoms with Crippen LogP contribution < -0.4 is 11.1 Å². The Kier molecular flexibility index (Phi) is 6.14. The number of anilines is 1. The van der Waals surface area contributed by atoms with Gasteiger partial charge in [-0.25, -0.2) is 0 Å². The molecule has 1 amide bonds. The minimum absolute atomic E-state index is 0. The van der Waals surface area contributed by atoms with Crippen molar-refractivity contribution >= 4 is 24.0 Å². The van der Waals surface area contributed by atoms with Gasteiger partial charge in [0.15, 0.2) is 0 Å². The maximum Gasteiger partial charge on any atom is 0.416 e. The first-order valence-electron chi connectivity index (χ1n) is 5.08. The number of hydrogen-bond donors (Lipinski definition) is 2. The maximum absolute atomic E-state index is 12.4. The van der Waals surface area contributed by atoms with Crippen molar-refractivity contribution in [1.82, 2.24) is 0 Å². The summed E-state index contributed by atoms with van der Waals surface area (Å²) >= 11 is 0. The molecule has 1 rings (SSSR count). The summed E-state index contributed by atoms with van der Waals surface area (Å²) in [7, 11) is 0. The first kappa shape index (κ1) is 16.7. The molecule has 1 aromatic rings. The monoisotopic (exact) mass is 282 g/mol. The third-order valence-electron chi connectivity index (χ3n) is 2.23. The smallest absolute Gasteiger partial charge is 0.325 e. The van der Waals surface area contributed by atoms with Gasteiger partial charge in [0.25, 0.3) is 0 Å². The molecule has 102 valence electrons. The van der Waals surface area contributed by atoms with E-state index < -0.39 is 23.7 Å². The van der Waals surface area contributed by atoms with Crippen LogP contribution in [0.25, 0.3) is 0 Å². The Balaban J connectivity index is 0.00000289. The Morgan fingerprint density at radius 1 is 1.44 bits per heavy atom. The second-order valence-electron chi connectivity index (χ2n) is 3.58. The van der Waals surface area contributed by atoms with Gasteiger partial charge in [-0.3, -0.25) is 4.79 Å². The first-order chi connectivity index (χ1) is 7.84. The van der Waals surface area contributed by atoms with Crippen LogP contribution in [0.5, 0.6) is 0 Å². The molecular weight excluding hydrogens is 269 g/mol. The molecule has 1 aromatic carbocycles. The van der Waals surface area contributed by atoms with E-state index in [0.29, 0.717) is 6.42 Å². The van der Waals surface area contributed by atoms with Crippen molar-refractivity contribution in [2.45, 2.75) is 25.6 Å². The molecule has 0 aromatic heterocycles. The second kappa shape index (κ2) is 6.61. The van der Waals surface area contributed by atoms with Gasteiger partial charge in [-0.15, -0.1) is 12.4 Å². The summed E-state index contributed by atoms with van der Waals surface area (Å²) < 4.78 is 37.2. The molecule has 0 unspecified atom stereocenters. The van der Waals surface area contributed by atoms with Crippen LogP contribution in [0.1, 0.15) is 18.9 Å². The third-order valence-corrected chi connectivity index (χ3v) is 2.23. The highest BCUT2D eigenvalue weighted by Crippen LogP contribution is 2.30. The lowest BCUT2D eigenvalue weighted by Gasteiger charge is -2.12. The van der Waals surface area contributed by atoms with E-state index in [1.54, 1.807) is 6.92 Å². The highest BCUT2D eigenvalue weighted by molar-refractivity contribution is 5.94. The Hall–Kier alpha value is -1.27. The summed E-state index contributed by atoms with van der Waals surface area (Å²) in [5.41, 5.74) is 4.74. The van der Waals surface area contributed by atoms with E-state index in [1.807, 2.05) is 0 Å². The molecule has 0 saturated carbocycles. The number of hydrogen-bond acceptors (Lipinski definition) is 2. The van der Waals surface area contributed by atoms with Crippen LogP contribution in [0, 0.1) is 0 Å². The molecule has 0 saturated heterocycles. The van der Waals surface area contributed by atoms with Crippen molar-refractivity contribution in [1.29, 1.82) is 0 Å². The van der Waals surface area contributed by atoms with Crippen LogP contribution in [0.4, 0.5) is 18.9 Å². The quantitative estimate of drug-likeness (QED) is 0.896. The van der Waals surface area contributed by atoms with Gasteiger partial charge in [-0.05, 0) is 24.6 Å². The van der Waals surface area contributed by atoms with E-state index in [-0.39, 0.29) is 18.1 Å². The largest absolute Gasteiger partial charge is 0.416 e. The lowest BCUT2D eigenvalue weighted by molar-refractivity contribution is -0.137. The number of alkyl halides is 3. The number of carbonyl (C=O) groups excluding carboxylic acids is 1. The fourth-order valence-electron chi connectivity index (χ4n) is 1.19. The Morgan fingerprint density at radius 3 is 2.56 bits per heavy atom. The van der Waals surface area contributed by atoms with Gasteiger partial charge in [-0.2, -0.15) is 13.2 Å². The van der Waals surface area contributed by atoms with E-state index in [9.17, 15) is 18.0 Å². The number of halogens is 4. The van der Waals surface area contributed by atoms with Gasteiger partial charge >= 0.3 is 6.18 Å². The van der Waals surface area contributed by atoms with Crippen LogP contribution in [-0.4, -0.2) is 11.9 Å². The average molecular weight is 283 g/mol. The van der Waals surface area contributed by atoms with E-state index in [4.69, 9.17) is 5.73 Å². The predicted octanol–water partition coefficient (Wildman–Crippen LogP) is 2.80. The number of amides is 1. The average Bonchev–Trinajstić information content (AvgIpc) is 2.27. The second-order valence-corrected chi connectivity index (χ2v) is 3.58. The summed E-state index contributed by atoms with van der Waals surface area (Å²) in [6, 6.07) is 3.71. The van der Waals surface area contributed by atoms with E-state index in [0.717, 1.165) is 12.1 Å². The van der Waals surface area contributed by atoms with Crippen molar-refractivity contribution in [3.8, 4) is 0 Å². The van der Waals surface area contributed by atoms with Gasteiger partial charge < -0.3 is 11.1 Å². The molecule has 3 N–H and O–H groups in total. The van der Waals surface area contributed by atoms with E-state index in [2.05, 4.69) is 5.32 Å². The molecule has 0 aliphatic rings. The summed E-state index contributed by atoms with van der Waals surface area (Å²) in [6.45, 7) is 1.72. The van der Waals surface area contributed by atoms with Crippen LogP contribution in [0.2, 0.25) is 0 Å². The SMILES string of the molecule is CC[C@H](N)C(=O)Nc1cccc(C(F)(F)F)c1.Cl. The van der Waals surface area contributed by atoms with E-state index in [1.165, 1.54) is 12.1 Å². The highest BCUT2D eigenvalue weighted by Gasteiger charge is 2.30. The Labute approximate surface area is 109 Å². The summed E-state index contributed by atoms with van der Waals surface area (Å²) in [5.74, 6) is -0.494. The molecule has 0 aliphatic heterocycles. The van der Waals surface area contributed by atoms with Crippen LogP contribution >= 0.6 is 12.4 Å². The van der Waals surface area contributed by atoms with Crippen molar-refractivity contribution in [3.63, 3.8) is 0 Å². The van der Waals surface area contributed by atoms with E-state index >= 15 is 0 Å². The fraction of sp³-hybridized carbons (Fsp3) is 0.364. The summed E-state index contributed by atoms with van der Waals surface area (Å²) in [5, 5.41) is 2.34. The number of nitrogens with two attached hydrogens (primary N) is 1. The molecule has 0 bridgehead atoms. The fourth-order valence-corrected chi connectivity index (χ4v) is 1.19. The van der Waals surface area contributed by atoms with Crippen LogP contribution in [0.3, 0.4) is 0 Å². The van der Waals surface area contributed by atoms with Gasteiger partial charge in [0.2, 0.25) is 5.91 Å². The number of rotatable bonds is 3. The third kappa shape index (κ3) is 4.54. The number of nitrogens with one attached hydrogen (secondary N) is 1. The molecule has 3 nitrogen and oxygen atoms in total. The zero-order valence-electron chi connectivity index (χ0n) is 9.62. The molecule has 0 fully saturated rings. The molecular formula is C11H14ClF3N2O. The summed E-state index contributed by atoms with van der Waals surface area (Å²) in [6.07, 6.45) is -4.00. The Morgan fingerprint density at radius 2 is 2.06 bits per heavy atom. The molecule has 0 spiro atoms. The molecule has 7 heteroatoms. The molecule has 18 heavy (non-hydrogen) atoms. The zero-order valence-corrected chi connectivity index (χ0v) is 10.4. The first-order valence-corrected chi connectivity index (χ1v) is 5.08. The van der Waals surface area contributed by atoms with Gasteiger partial charge in [0, 0.05) is 5.69 Å². The standard InChI is InChI=1S/C11H13F3N2O.ClH/c1-2-9(15)10(17)16-8-5-3-4-7(6-8)11(12,13)14;/h3-6,9H,2,15H2,1H3,(H,16,17);1H/t9-;/m0./s1. The maximum atomic E-state index is 12.4. The minimum atomic E-state index is -4.42. The number of carbonyl (C=O) groups is 1.